The largest absolute Gasteiger partial charge is 0.488 e. The highest BCUT2D eigenvalue weighted by Crippen LogP contribution is 2.42. The number of carboxylic acid groups (broad SMARTS) is 1. The fourth-order valence-electron chi connectivity index (χ4n) is 2.84. The lowest BCUT2D eigenvalue weighted by Gasteiger charge is -2.20. The Balaban J connectivity index is 1.98. The fraction of sp³-hybridized carbons (Fsp3) is 0.158. The highest BCUT2D eigenvalue weighted by molar-refractivity contribution is 6.32. The molecule has 2 aromatic carbocycles. The highest BCUT2D eigenvalue weighted by Gasteiger charge is 2.41. The van der Waals surface area contributed by atoms with Crippen molar-refractivity contribution in [1.82, 2.24) is 0 Å². The molecule has 0 bridgehead atoms. The van der Waals surface area contributed by atoms with Crippen molar-refractivity contribution in [3.8, 4) is 5.75 Å². The number of esters is 1. The van der Waals surface area contributed by atoms with Crippen molar-refractivity contribution in [3.63, 3.8) is 0 Å². The summed E-state index contributed by atoms with van der Waals surface area (Å²) in [5.41, 5.74) is 1.37. The molecule has 0 aliphatic carbocycles. The molecule has 0 amide bonds. The number of halogens is 1. The van der Waals surface area contributed by atoms with Gasteiger partial charge in [-0.1, -0.05) is 48.5 Å². The molecule has 25 heavy (non-hydrogen) atoms. The Morgan fingerprint density at radius 3 is 2.80 bits per heavy atom. The summed E-state index contributed by atoms with van der Waals surface area (Å²) >= 11 is 6.19. The molecule has 0 radical (unpaired) electrons. The molecule has 2 aromatic rings. The van der Waals surface area contributed by atoms with Crippen LogP contribution in [-0.2, 0) is 9.53 Å². The maximum absolute atomic E-state index is 12.0. The lowest BCUT2D eigenvalue weighted by atomic mass is 9.88. The van der Waals surface area contributed by atoms with Gasteiger partial charge in [0, 0.05) is 5.56 Å². The van der Waals surface area contributed by atoms with Crippen molar-refractivity contribution in [2.24, 2.45) is 0 Å². The molecule has 0 saturated heterocycles. The van der Waals surface area contributed by atoms with E-state index in [-0.39, 0.29) is 11.6 Å². The van der Waals surface area contributed by atoms with Gasteiger partial charge in [0.2, 0.25) is 0 Å². The van der Waals surface area contributed by atoms with Gasteiger partial charge in [0.25, 0.3) is 0 Å². The van der Waals surface area contributed by atoms with Gasteiger partial charge >= 0.3 is 11.9 Å². The number of hydrogen-bond donors (Lipinski definition) is 1. The Kier molecular flexibility index (Phi) is 4.76. The fourth-order valence-corrected chi connectivity index (χ4v) is 3.09. The van der Waals surface area contributed by atoms with Crippen molar-refractivity contribution in [2.45, 2.75) is 12.0 Å². The number of hydrogen-bond acceptors (Lipinski definition) is 4. The minimum Gasteiger partial charge on any atom is -0.488 e. The van der Waals surface area contributed by atoms with Crippen LogP contribution in [0.15, 0.2) is 55.1 Å². The van der Waals surface area contributed by atoms with E-state index in [9.17, 15) is 14.7 Å². The first-order chi connectivity index (χ1) is 12.0. The van der Waals surface area contributed by atoms with Crippen molar-refractivity contribution in [1.29, 1.82) is 0 Å². The van der Waals surface area contributed by atoms with E-state index in [1.54, 1.807) is 42.5 Å². The van der Waals surface area contributed by atoms with Gasteiger partial charge in [0.1, 0.15) is 24.4 Å². The molecule has 0 aromatic heterocycles. The molecule has 3 rings (SSSR count). The Bertz CT molecular complexity index is 845. The molecule has 2 atom stereocenters. The molecule has 2 unspecified atom stereocenters. The number of fused-ring (bicyclic) bond motifs is 1. The molecule has 0 saturated carbocycles. The average Bonchev–Trinajstić information content (AvgIpc) is 2.91. The number of ether oxygens (including phenoxy) is 2. The van der Waals surface area contributed by atoms with Crippen LogP contribution in [0.2, 0.25) is 5.02 Å². The number of rotatable bonds is 6. The van der Waals surface area contributed by atoms with E-state index in [1.165, 1.54) is 6.07 Å². The standard InChI is InChI=1S/C19H15ClO5/c1-2-9-24-15-8-7-11(10-14(15)20)16(18(21)22)17-12-5-3-4-6-13(12)19(23)25-17/h2-8,10,16-17H,1,9H2,(H,21,22). The third-order valence-electron chi connectivity index (χ3n) is 3.96. The molecular weight excluding hydrogens is 344 g/mol. The van der Waals surface area contributed by atoms with E-state index in [4.69, 9.17) is 21.1 Å². The van der Waals surface area contributed by atoms with Crippen LogP contribution in [0.25, 0.3) is 0 Å². The first-order valence-corrected chi connectivity index (χ1v) is 7.96. The van der Waals surface area contributed by atoms with E-state index in [0.717, 1.165) is 0 Å². The van der Waals surface area contributed by atoms with Gasteiger partial charge in [0.15, 0.2) is 0 Å². The van der Waals surface area contributed by atoms with Crippen LogP contribution in [0.1, 0.15) is 33.5 Å². The molecule has 5 nitrogen and oxygen atoms in total. The van der Waals surface area contributed by atoms with Crippen molar-refractivity contribution < 1.29 is 24.2 Å². The van der Waals surface area contributed by atoms with E-state index < -0.39 is 24.0 Å². The summed E-state index contributed by atoms with van der Waals surface area (Å²) in [5, 5.41) is 10.0. The number of benzene rings is 2. The summed E-state index contributed by atoms with van der Waals surface area (Å²) in [7, 11) is 0. The van der Waals surface area contributed by atoms with Crippen molar-refractivity contribution >= 4 is 23.5 Å². The normalized spacial score (nSPS) is 16.7. The van der Waals surface area contributed by atoms with Crippen LogP contribution in [0.3, 0.4) is 0 Å². The second kappa shape index (κ2) is 6.99. The van der Waals surface area contributed by atoms with Gasteiger partial charge < -0.3 is 14.6 Å². The van der Waals surface area contributed by atoms with E-state index in [2.05, 4.69) is 6.58 Å². The van der Waals surface area contributed by atoms with E-state index in [0.29, 0.717) is 22.4 Å². The van der Waals surface area contributed by atoms with Crippen molar-refractivity contribution in [2.75, 3.05) is 6.61 Å². The third kappa shape index (κ3) is 3.23. The SMILES string of the molecule is C=CCOc1ccc(C(C(=O)O)C2OC(=O)c3ccccc32)cc1Cl. The Morgan fingerprint density at radius 2 is 2.12 bits per heavy atom. The molecule has 1 heterocycles. The zero-order chi connectivity index (χ0) is 18.0. The second-order valence-corrected chi connectivity index (χ2v) is 5.93. The summed E-state index contributed by atoms with van der Waals surface area (Å²) in [6.07, 6.45) is 0.677. The van der Waals surface area contributed by atoms with Gasteiger partial charge in [0.05, 0.1) is 10.6 Å². The molecule has 0 spiro atoms. The summed E-state index contributed by atoms with van der Waals surface area (Å²) < 4.78 is 10.7. The molecule has 128 valence electrons. The van der Waals surface area contributed by atoms with E-state index >= 15 is 0 Å². The number of cyclic esters (lactones) is 1. The maximum atomic E-state index is 12.0. The van der Waals surface area contributed by atoms with Crippen LogP contribution >= 0.6 is 11.6 Å². The molecule has 1 aliphatic heterocycles. The zero-order valence-electron chi connectivity index (χ0n) is 13.1. The number of carboxylic acids is 1. The Labute approximate surface area is 149 Å². The Hall–Kier alpha value is -2.79. The minimum absolute atomic E-state index is 0.281. The summed E-state index contributed by atoms with van der Waals surface area (Å²) in [6.45, 7) is 3.85. The summed E-state index contributed by atoms with van der Waals surface area (Å²) in [6, 6.07) is 11.5. The molecule has 0 fully saturated rings. The molecule has 6 heteroatoms. The van der Waals surface area contributed by atoms with Crippen molar-refractivity contribution in [3.05, 3.63) is 76.8 Å². The van der Waals surface area contributed by atoms with Crippen LogP contribution in [0.5, 0.6) is 5.75 Å². The quantitative estimate of drug-likeness (QED) is 0.624. The predicted molar refractivity (Wildman–Crippen MR) is 92.1 cm³/mol. The number of carbonyl (C=O) groups excluding carboxylic acids is 1. The van der Waals surface area contributed by atoms with E-state index in [1.807, 2.05) is 0 Å². The van der Waals surface area contributed by atoms with Crippen LogP contribution in [-0.4, -0.2) is 23.7 Å². The zero-order valence-corrected chi connectivity index (χ0v) is 13.9. The first kappa shape index (κ1) is 17.0. The average molecular weight is 359 g/mol. The number of carbonyl (C=O) groups is 2. The minimum atomic E-state index is -1.11. The lowest BCUT2D eigenvalue weighted by molar-refractivity contribution is -0.141. The first-order valence-electron chi connectivity index (χ1n) is 7.58. The monoisotopic (exact) mass is 358 g/mol. The van der Waals surface area contributed by atoms with Gasteiger partial charge in [-0.25, -0.2) is 4.79 Å². The van der Waals surface area contributed by atoms with Gasteiger partial charge in [-0.3, -0.25) is 4.79 Å². The molecule has 1 N–H and O–H groups in total. The smallest absolute Gasteiger partial charge is 0.339 e. The topological polar surface area (TPSA) is 72.8 Å². The molecular formula is C19H15ClO5. The van der Waals surface area contributed by atoms with Crippen LogP contribution in [0, 0.1) is 0 Å². The molecule has 1 aliphatic rings. The summed E-state index contributed by atoms with van der Waals surface area (Å²) in [5.74, 6) is -2.27. The highest BCUT2D eigenvalue weighted by atomic mass is 35.5. The van der Waals surface area contributed by atoms with Gasteiger partial charge in [-0.2, -0.15) is 0 Å². The summed E-state index contributed by atoms with van der Waals surface area (Å²) in [4.78, 5) is 23.9. The van der Waals surface area contributed by atoms with Crippen LogP contribution < -0.4 is 4.74 Å². The lowest BCUT2D eigenvalue weighted by Crippen LogP contribution is -2.20. The maximum Gasteiger partial charge on any atom is 0.339 e. The third-order valence-corrected chi connectivity index (χ3v) is 4.26. The van der Waals surface area contributed by atoms with Crippen LogP contribution in [0.4, 0.5) is 0 Å². The Morgan fingerprint density at radius 1 is 1.36 bits per heavy atom. The number of aliphatic carboxylic acids is 1. The van der Waals surface area contributed by atoms with Gasteiger partial charge in [-0.15, -0.1) is 0 Å². The second-order valence-electron chi connectivity index (χ2n) is 5.52. The van der Waals surface area contributed by atoms with Gasteiger partial charge in [-0.05, 0) is 23.8 Å². The predicted octanol–water partition coefficient (Wildman–Crippen LogP) is 3.98.